The maximum atomic E-state index is 12.7. The van der Waals surface area contributed by atoms with E-state index in [2.05, 4.69) is 42.2 Å². The predicted octanol–water partition coefficient (Wildman–Crippen LogP) is 4.82. The van der Waals surface area contributed by atoms with E-state index in [0.717, 1.165) is 28.6 Å². The van der Waals surface area contributed by atoms with E-state index in [1.165, 1.54) is 16.3 Å². The molecule has 5 rings (SSSR count). The van der Waals surface area contributed by atoms with Gasteiger partial charge in [0.2, 0.25) is 5.72 Å². The van der Waals surface area contributed by atoms with E-state index in [1.807, 2.05) is 49.3 Å². The van der Waals surface area contributed by atoms with Crippen LogP contribution in [0.5, 0.6) is 0 Å². The molecule has 4 nitrogen and oxygen atoms in total. The van der Waals surface area contributed by atoms with E-state index in [-0.39, 0.29) is 5.97 Å². The molecule has 0 bridgehead atoms. The first-order valence-electron chi connectivity index (χ1n) is 9.61. The summed E-state index contributed by atoms with van der Waals surface area (Å²) in [6.45, 7) is 2.16. The molecule has 0 spiro atoms. The summed E-state index contributed by atoms with van der Waals surface area (Å²) in [6.07, 6.45) is 0.837. The number of benzene rings is 3. The molecule has 0 radical (unpaired) electrons. The van der Waals surface area contributed by atoms with Gasteiger partial charge in [-0.2, -0.15) is 0 Å². The number of ether oxygens (including phenoxy) is 1. The Balaban J connectivity index is 1.90. The van der Waals surface area contributed by atoms with Crippen molar-refractivity contribution in [2.45, 2.75) is 19.1 Å². The molecule has 4 aromatic rings. The van der Waals surface area contributed by atoms with Crippen LogP contribution in [0.4, 0.5) is 0 Å². The fourth-order valence-corrected chi connectivity index (χ4v) is 4.67. The summed E-state index contributed by atoms with van der Waals surface area (Å²) in [7, 11) is 3.93. The van der Waals surface area contributed by atoms with Crippen molar-refractivity contribution in [2.75, 3.05) is 14.1 Å². The van der Waals surface area contributed by atoms with Crippen molar-refractivity contribution in [1.29, 1.82) is 0 Å². The average Bonchev–Trinajstić information content (AvgIpc) is 3.24. The second-order valence-corrected chi connectivity index (χ2v) is 7.51. The highest BCUT2D eigenvalue weighted by Gasteiger charge is 2.50. The smallest absolute Gasteiger partial charge is 0.340 e. The molecule has 1 N–H and O–H groups in total. The molecule has 1 atom stereocenters. The minimum atomic E-state index is -0.925. The van der Waals surface area contributed by atoms with Gasteiger partial charge >= 0.3 is 5.97 Å². The number of hydrogen-bond donors (Lipinski definition) is 1. The van der Waals surface area contributed by atoms with Crippen LogP contribution in [-0.2, 0) is 16.9 Å². The van der Waals surface area contributed by atoms with E-state index < -0.39 is 5.72 Å². The van der Waals surface area contributed by atoms with E-state index in [4.69, 9.17) is 4.74 Å². The molecule has 28 heavy (non-hydrogen) atoms. The van der Waals surface area contributed by atoms with Crippen molar-refractivity contribution < 1.29 is 9.53 Å². The van der Waals surface area contributed by atoms with Gasteiger partial charge in [0.1, 0.15) is 0 Å². The SMILES string of the molecule is CCc1c(C2(N(C)C)OC(=O)c3ccccc32)ccc2[nH]c3ccccc3c12. The summed E-state index contributed by atoms with van der Waals surface area (Å²) in [5, 5.41) is 2.40. The maximum Gasteiger partial charge on any atom is 0.340 e. The number of carbonyl (C=O) groups is 1. The molecular formula is C24H22N2O2. The molecule has 1 aliphatic rings. The van der Waals surface area contributed by atoms with Crippen LogP contribution >= 0.6 is 0 Å². The zero-order valence-electron chi connectivity index (χ0n) is 16.2. The minimum absolute atomic E-state index is 0.273. The van der Waals surface area contributed by atoms with Crippen LogP contribution in [0.1, 0.15) is 34.0 Å². The van der Waals surface area contributed by atoms with Gasteiger partial charge in [0, 0.05) is 32.9 Å². The van der Waals surface area contributed by atoms with Gasteiger partial charge in [-0.3, -0.25) is 4.90 Å². The first kappa shape index (κ1) is 17.0. The highest BCUT2D eigenvalue weighted by molar-refractivity contribution is 6.09. The molecule has 0 amide bonds. The lowest BCUT2D eigenvalue weighted by Crippen LogP contribution is -2.43. The van der Waals surface area contributed by atoms with Crippen molar-refractivity contribution in [2.24, 2.45) is 0 Å². The van der Waals surface area contributed by atoms with Gasteiger partial charge in [0.15, 0.2) is 0 Å². The topological polar surface area (TPSA) is 45.3 Å². The van der Waals surface area contributed by atoms with Gasteiger partial charge < -0.3 is 9.72 Å². The number of fused-ring (bicyclic) bond motifs is 4. The Bertz CT molecular complexity index is 1240. The van der Waals surface area contributed by atoms with Crippen LogP contribution in [0, 0.1) is 0 Å². The number of rotatable bonds is 3. The summed E-state index contributed by atoms with van der Waals surface area (Å²) < 4.78 is 6.12. The van der Waals surface area contributed by atoms with Gasteiger partial charge in [0.25, 0.3) is 0 Å². The zero-order chi connectivity index (χ0) is 19.5. The van der Waals surface area contributed by atoms with Gasteiger partial charge in [-0.25, -0.2) is 4.79 Å². The summed E-state index contributed by atoms with van der Waals surface area (Å²) in [5.41, 5.74) is 5.06. The number of nitrogens with zero attached hydrogens (tertiary/aromatic N) is 1. The molecule has 2 heterocycles. The Kier molecular flexibility index (Phi) is 3.61. The summed E-state index contributed by atoms with van der Waals surface area (Å²) in [4.78, 5) is 18.3. The number of cyclic esters (lactones) is 1. The molecule has 3 aromatic carbocycles. The number of aromatic amines is 1. The van der Waals surface area contributed by atoms with E-state index in [9.17, 15) is 4.79 Å². The quantitative estimate of drug-likeness (QED) is 0.526. The third-order valence-electron chi connectivity index (χ3n) is 5.88. The number of carbonyl (C=O) groups excluding carboxylic acids is 1. The summed E-state index contributed by atoms with van der Waals surface area (Å²) in [6, 6.07) is 20.3. The molecule has 1 unspecified atom stereocenters. The Morgan fingerprint density at radius 2 is 1.68 bits per heavy atom. The van der Waals surface area contributed by atoms with Gasteiger partial charge in [-0.05, 0) is 44.3 Å². The van der Waals surface area contributed by atoms with Gasteiger partial charge in [0.05, 0.1) is 5.56 Å². The number of H-pyrrole nitrogens is 1. The zero-order valence-corrected chi connectivity index (χ0v) is 16.2. The number of para-hydroxylation sites is 1. The third kappa shape index (κ3) is 2.06. The first-order chi connectivity index (χ1) is 13.6. The molecule has 140 valence electrons. The highest BCUT2D eigenvalue weighted by atomic mass is 16.6. The molecule has 4 heteroatoms. The van der Waals surface area contributed by atoms with Crippen LogP contribution in [0.25, 0.3) is 21.8 Å². The fourth-order valence-electron chi connectivity index (χ4n) is 4.67. The van der Waals surface area contributed by atoms with Crippen molar-refractivity contribution in [3.63, 3.8) is 0 Å². The summed E-state index contributed by atoms with van der Waals surface area (Å²) in [5.74, 6) is -0.273. The number of aromatic nitrogens is 1. The van der Waals surface area contributed by atoms with Crippen LogP contribution in [0.3, 0.4) is 0 Å². The van der Waals surface area contributed by atoms with Crippen LogP contribution in [0.2, 0.25) is 0 Å². The Morgan fingerprint density at radius 3 is 2.46 bits per heavy atom. The minimum Gasteiger partial charge on any atom is -0.431 e. The second kappa shape index (κ2) is 5.94. The maximum absolute atomic E-state index is 12.7. The van der Waals surface area contributed by atoms with Crippen molar-refractivity contribution >= 4 is 27.8 Å². The van der Waals surface area contributed by atoms with Crippen LogP contribution < -0.4 is 0 Å². The average molecular weight is 370 g/mol. The lowest BCUT2D eigenvalue weighted by molar-refractivity contribution is -0.0623. The Labute approximate surface area is 163 Å². The lowest BCUT2D eigenvalue weighted by atomic mass is 9.86. The molecule has 1 aliphatic heterocycles. The molecule has 0 saturated carbocycles. The fraction of sp³-hybridized carbons (Fsp3) is 0.208. The molecule has 0 saturated heterocycles. The largest absolute Gasteiger partial charge is 0.431 e. The van der Waals surface area contributed by atoms with Crippen molar-refractivity contribution in [3.05, 3.63) is 82.9 Å². The summed E-state index contributed by atoms with van der Waals surface area (Å²) >= 11 is 0. The number of aryl methyl sites for hydroxylation is 1. The second-order valence-electron chi connectivity index (χ2n) is 7.51. The standard InChI is InChI=1S/C24H22N2O2/c1-4-15-19(13-14-21-22(15)17-10-6-8-12-20(17)25-21)24(26(2)3)18-11-7-5-9-16(18)23(27)28-24/h5-14,25H,4H2,1-3H3. The van der Waals surface area contributed by atoms with Crippen LogP contribution in [0.15, 0.2) is 60.7 Å². The van der Waals surface area contributed by atoms with Gasteiger partial charge in [-0.1, -0.05) is 49.4 Å². The number of esters is 1. The van der Waals surface area contributed by atoms with E-state index in [0.29, 0.717) is 5.56 Å². The number of nitrogens with one attached hydrogen (secondary N) is 1. The molecule has 1 aromatic heterocycles. The predicted molar refractivity (Wildman–Crippen MR) is 112 cm³/mol. The Morgan fingerprint density at radius 1 is 0.929 bits per heavy atom. The molecular weight excluding hydrogens is 348 g/mol. The Hall–Kier alpha value is -3.11. The lowest BCUT2D eigenvalue weighted by Gasteiger charge is -2.37. The third-order valence-corrected chi connectivity index (χ3v) is 5.88. The van der Waals surface area contributed by atoms with Crippen LogP contribution in [-0.4, -0.2) is 29.9 Å². The molecule has 0 fully saturated rings. The van der Waals surface area contributed by atoms with Crippen molar-refractivity contribution in [3.8, 4) is 0 Å². The number of hydrogen-bond acceptors (Lipinski definition) is 3. The normalized spacial score (nSPS) is 18.8. The van der Waals surface area contributed by atoms with E-state index >= 15 is 0 Å². The van der Waals surface area contributed by atoms with Gasteiger partial charge in [-0.15, -0.1) is 0 Å². The molecule has 0 aliphatic carbocycles. The van der Waals surface area contributed by atoms with Crippen molar-refractivity contribution in [1.82, 2.24) is 9.88 Å². The highest BCUT2D eigenvalue weighted by Crippen LogP contribution is 2.46. The first-order valence-corrected chi connectivity index (χ1v) is 9.61. The van der Waals surface area contributed by atoms with E-state index in [1.54, 1.807) is 0 Å². The monoisotopic (exact) mass is 370 g/mol.